The topological polar surface area (TPSA) is 54.4 Å². The fourth-order valence-corrected chi connectivity index (χ4v) is 6.90. The number of fused-ring (bicyclic) bond motifs is 1. The van der Waals surface area contributed by atoms with Crippen molar-refractivity contribution in [3.63, 3.8) is 0 Å². The lowest BCUT2D eigenvalue weighted by atomic mass is 10.2. The molecule has 4 aromatic rings. The van der Waals surface area contributed by atoms with Crippen LogP contribution in [0.15, 0.2) is 110 Å². The summed E-state index contributed by atoms with van der Waals surface area (Å²) in [6.45, 7) is 0.514. The normalized spacial score (nSPS) is 15.0. The van der Waals surface area contributed by atoms with Gasteiger partial charge in [0.1, 0.15) is 4.88 Å². The first-order valence-corrected chi connectivity index (χ1v) is 15.0. The van der Waals surface area contributed by atoms with Gasteiger partial charge in [0.05, 0.1) is 12.2 Å². The Bertz CT molecular complexity index is 1510. The number of hydrogen-bond donors (Lipinski definition) is 0. The van der Waals surface area contributed by atoms with E-state index in [2.05, 4.69) is 9.51 Å². The van der Waals surface area contributed by atoms with Crippen molar-refractivity contribution < 1.29 is 0 Å². The molecule has 1 aromatic heterocycles. The van der Waals surface area contributed by atoms with Crippen LogP contribution in [0.25, 0.3) is 0 Å². The fourth-order valence-electron chi connectivity index (χ4n) is 3.37. The molecule has 0 unspecified atom stereocenters. The number of amidine groups is 1. The lowest BCUT2D eigenvalue weighted by molar-refractivity contribution is 0.775. The summed E-state index contributed by atoms with van der Waals surface area (Å²) in [5.41, 5.74) is 2.77. The maximum absolute atomic E-state index is 6.48. The summed E-state index contributed by atoms with van der Waals surface area (Å²) in [6, 6.07) is 29.6. The van der Waals surface area contributed by atoms with E-state index >= 15 is 0 Å². The second-order valence-electron chi connectivity index (χ2n) is 7.30. The molecule has 0 spiro atoms. The zero-order valence-electron chi connectivity index (χ0n) is 18.0. The van der Waals surface area contributed by atoms with Crippen molar-refractivity contribution in [1.29, 1.82) is 0 Å². The van der Waals surface area contributed by atoms with Gasteiger partial charge in [0.25, 0.3) is 5.91 Å². The molecule has 0 aliphatic carbocycles. The molecular weight excluding hydrogens is 563 g/mol. The third kappa shape index (κ3) is 6.15. The molecule has 0 N–H and O–H groups in total. The van der Waals surface area contributed by atoms with E-state index in [1.54, 1.807) is 0 Å². The predicted molar refractivity (Wildman–Crippen MR) is 153 cm³/mol. The molecule has 3 aromatic carbocycles. The third-order valence-electron chi connectivity index (χ3n) is 4.90. The summed E-state index contributed by atoms with van der Waals surface area (Å²) < 4.78 is 10.7. The first-order valence-electron chi connectivity index (χ1n) is 10.3. The molecule has 35 heavy (non-hydrogen) atoms. The van der Waals surface area contributed by atoms with Crippen molar-refractivity contribution in [2.24, 2.45) is 19.5 Å². The van der Waals surface area contributed by atoms with Crippen LogP contribution in [0, 0.1) is 0 Å². The van der Waals surface area contributed by atoms with Gasteiger partial charge in [0.15, 0.2) is 21.6 Å². The number of nitrogens with zero attached hydrogens (tertiary/aromatic N) is 5. The molecule has 0 fully saturated rings. The largest absolute Gasteiger partial charge is 0.296 e. The predicted octanol–water partition coefficient (Wildman–Crippen LogP) is 8.75. The van der Waals surface area contributed by atoms with Crippen LogP contribution >= 0.6 is 63.7 Å². The summed E-state index contributed by atoms with van der Waals surface area (Å²) in [5.74, 6) is -1.80. The Morgan fingerprint density at radius 2 is 1.49 bits per heavy atom. The van der Waals surface area contributed by atoms with Gasteiger partial charge in [-0.05, 0) is 40.2 Å². The van der Waals surface area contributed by atoms with Gasteiger partial charge < -0.3 is 0 Å². The highest BCUT2D eigenvalue weighted by molar-refractivity contribution is 8.09. The van der Waals surface area contributed by atoms with Crippen molar-refractivity contribution in [2.75, 3.05) is 0 Å². The van der Waals surface area contributed by atoms with E-state index in [1.807, 2.05) is 95.6 Å². The first kappa shape index (κ1) is 25.9. The minimum absolute atomic E-state index is 0. The highest BCUT2D eigenvalue weighted by Gasteiger charge is 2.27. The molecule has 0 saturated carbocycles. The van der Waals surface area contributed by atoms with Crippen LogP contribution in [0.1, 0.15) is 16.0 Å². The Morgan fingerprint density at radius 3 is 2.14 bits per heavy atom. The molecular formula is C24H18Cl4N5PS. The molecule has 0 saturated heterocycles. The molecule has 5 nitrogen and oxygen atoms in total. The number of halogens is 4. The zero-order valence-corrected chi connectivity index (χ0v) is 22.8. The average Bonchev–Trinajstić information content (AvgIpc) is 3.17. The number of rotatable bonds is 4. The summed E-state index contributed by atoms with van der Waals surface area (Å²) in [4.78, 5) is 11.2. The fraction of sp³-hybridized carbons (Fsp3) is 0.0417. The number of thiazole rings is 1. The zero-order chi connectivity index (χ0) is 23.5. The second kappa shape index (κ2) is 11.3. The van der Waals surface area contributed by atoms with Gasteiger partial charge in [0, 0.05) is 5.56 Å². The molecule has 2 heterocycles. The SMILES string of the molecule is Cl.ClC1=NP(Cl)(Cl)=Nc2c1sc(=NC(=Nc1ccccc1)c1ccccc1)n2Cc1ccccc1. The van der Waals surface area contributed by atoms with E-state index in [4.69, 9.17) is 44.1 Å². The number of aliphatic imine (C=N–C) groups is 1. The number of aromatic nitrogens is 1. The maximum atomic E-state index is 6.48. The Hall–Kier alpha value is -2.18. The standard InChI is InChI=1S/C24H17Cl3N5PS.ClH/c25-21-20-23(31-33(26,27)30-21)32(16-17-10-4-1-5-11-17)24(34-20)29-22(18-12-6-2-7-13-18)28-19-14-8-3-9-15-19;/h1-15H,16H2;1H. The molecule has 0 amide bonds. The van der Waals surface area contributed by atoms with E-state index in [0.29, 0.717) is 27.9 Å². The van der Waals surface area contributed by atoms with E-state index in [-0.39, 0.29) is 17.6 Å². The highest BCUT2D eigenvalue weighted by atomic mass is 35.9. The molecule has 0 radical (unpaired) electrons. The van der Waals surface area contributed by atoms with Gasteiger partial charge in [-0.3, -0.25) is 4.57 Å². The Kier molecular flexibility index (Phi) is 8.33. The van der Waals surface area contributed by atoms with E-state index in [9.17, 15) is 0 Å². The molecule has 11 heteroatoms. The third-order valence-corrected chi connectivity index (χ3v) is 8.26. The van der Waals surface area contributed by atoms with Crippen molar-refractivity contribution in [3.05, 3.63) is 112 Å². The van der Waals surface area contributed by atoms with Gasteiger partial charge in [0.2, 0.25) is 0 Å². The average molecular weight is 581 g/mol. The minimum atomic E-state index is -2.95. The molecule has 1 aliphatic heterocycles. The van der Waals surface area contributed by atoms with Crippen LogP contribution in [0.5, 0.6) is 0 Å². The van der Waals surface area contributed by atoms with Crippen molar-refractivity contribution >= 4 is 86.2 Å². The minimum Gasteiger partial charge on any atom is -0.296 e. The number of hydrogen-bond acceptors (Lipinski definition) is 4. The van der Waals surface area contributed by atoms with Gasteiger partial charge in [-0.1, -0.05) is 102 Å². The van der Waals surface area contributed by atoms with Gasteiger partial charge >= 0.3 is 0 Å². The van der Waals surface area contributed by atoms with Crippen molar-refractivity contribution in [1.82, 2.24) is 4.57 Å². The first-order chi connectivity index (χ1) is 16.5. The molecule has 178 valence electrons. The monoisotopic (exact) mass is 579 g/mol. The lowest BCUT2D eigenvalue weighted by Crippen LogP contribution is -2.18. The highest BCUT2D eigenvalue weighted by Crippen LogP contribution is 2.66. The summed E-state index contributed by atoms with van der Waals surface area (Å²) in [7, 11) is 0. The van der Waals surface area contributed by atoms with Crippen molar-refractivity contribution in [3.8, 4) is 0 Å². The quantitative estimate of drug-likeness (QED) is 0.132. The Morgan fingerprint density at radius 1 is 0.886 bits per heavy atom. The number of benzene rings is 3. The summed E-state index contributed by atoms with van der Waals surface area (Å²) in [6.07, 6.45) is 0. The maximum Gasteiger partial charge on any atom is 0.256 e. The molecule has 5 rings (SSSR count). The van der Waals surface area contributed by atoms with Crippen molar-refractivity contribution in [2.45, 2.75) is 6.54 Å². The Labute approximate surface area is 227 Å². The van der Waals surface area contributed by atoms with Crippen LogP contribution in [0.2, 0.25) is 0 Å². The van der Waals surface area contributed by atoms with E-state index in [0.717, 1.165) is 16.8 Å². The lowest BCUT2D eigenvalue weighted by Gasteiger charge is -2.13. The van der Waals surface area contributed by atoms with Gasteiger partial charge in [-0.2, -0.15) is 4.74 Å². The molecule has 0 atom stereocenters. The smallest absolute Gasteiger partial charge is 0.256 e. The molecule has 1 aliphatic rings. The number of para-hydroxylation sites is 1. The van der Waals surface area contributed by atoms with Gasteiger partial charge in [-0.25, -0.2) is 14.7 Å². The second-order valence-corrected chi connectivity index (χ2v) is 13.3. The van der Waals surface area contributed by atoms with Crippen LogP contribution in [-0.4, -0.2) is 15.6 Å². The van der Waals surface area contributed by atoms with E-state index < -0.39 is 5.91 Å². The van der Waals surface area contributed by atoms with Gasteiger partial charge in [-0.15, -0.1) is 12.4 Å². The Balaban J connectivity index is 0.00000289. The van der Waals surface area contributed by atoms with Crippen LogP contribution in [-0.2, 0) is 6.54 Å². The van der Waals surface area contributed by atoms with E-state index in [1.165, 1.54) is 11.3 Å². The van der Waals surface area contributed by atoms with Crippen LogP contribution in [0.4, 0.5) is 11.5 Å². The molecule has 0 bridgehead atoms. The summed E-state index contributed by atoms with van der Waals surface area (Å²) >= 11 is 20.6. The van der Waals surface area contributed by atoms with Crippen LogP contribution < -0.4 is 4.80 Å². The van der Waals surface area contributed by atoms with Crippen LogP contribution in [0.3, 0.4) is 0 Å². The summed E-state index contributed by atoms with van der Waals surface area (Å²) in [5, 5.41) is 0.248.